The number of likely N-dealkylation sites (N-methyl/N-ethyl adjacent to an activating group) is 1. The first-order chi connectivity index (χ1) is 9.45. The Labute approximate surface area is 120 Å². The molecule has 1 aromatic carbocycles. The SMILES string of the molecule is CCNC1(C(=O)OCC)CC(C)(C)Oc2ccccc21. The molecule has 110 valence electrons. The average molecular weight is 277 g/mol. The van der Waals surface area contributed by atoms with Gasteiger partial charge in [0.15, 0.2) is 0 Å². The molecule has 1 aromatic rings. The Hall–Kier alpha value is -1.55. The van der Waals surface area contributed by atoms with Crippen LogP contribution >= 0.6 is 0 Å². The zero-order chi connectivity index (χ0) is 14.8. The molecule has 0 saturated heterocycles. The fourth-order valence-electron chi connectivity index (χ4n) is 2.94. The molecule has 4 heteroatoms. The number of rotatable bonds is 4. The maximum Gasteiger partial charge on any atom is 0.331 e. The first-order valence-electron chi connectivity index (χ1n) is 7.16. The van der Waals surface area contributed by atoms with E-state index in [0.29, 0.717) is 19.6 Å². The second-order valence-corrected chi connectivity index (χ2v) is 5.69. The molecule has 1 aliphatic rings. The molecule has 20 heavy (non-hydrogen) atoms. The van der Waals surface area contributed by atoms with Gasteiger partial charge in [-0.25, -0.2) is 4.79 Å². The maximum absolute atomic E-state index is 12.6. The van der Waals surface area contributed by atoms with E-state index in [2.05, 4.69) is 5.32 Å². The highest BCUT2D eigenvalue weighted by atomic mass is 16.5. The van der Waals surface area contributed by atoms with Gasteiger partial charge in [-0.15, -0.1) is 0 Å². The van der Waals surface area contributed by atoms with Gasteiger partial charge in [0.1, 0.15) is 16.9 Å². The minimum Gasteiger partial charge on any atom is -0.487 e. The molecule has 0 saturated carbocycles. The molecule has 0 radical (unpaired) electrons. The van der Waals surface area contributed by atoms with Crippen molar-refractivity contribution < 1.29 is 14.3 Å². The van der Waals surface area contributed by atoms with Gasteiger partial charge in [0, 0.05) is 12.0 Å². The van der Waals surface area contributed by atoms with Gasteiger partial charge in [-0.05, 0) is 33.4 Å². The van der Waals surface area contributed by atoms with Crippen molar-refractivity contribution in [2.24, 2.45) is 0 Å². The van der Waals surface area contributed by atoms with Crippen LogP contribution in [0.2, 0.25) is 0 Å². The van der Waals surface area contributed by atoms with E-state index in [-0.39, 0.29) is 5.97 Å². The third-order valence-electron chi connectivity index (χ3n) is 3.53. The molecule has 0 bridgehead atoms. The van der Waals surface area contributed by atoms with E-state index < -0.39 is 11.1 Å². The van der Waals surface area contributed by atoms with Crippen LogP contribution in [0.25, 0.3) is 0 Å². The average Bonchev–Trinajstić information content (AvgIpc) is 2.38. The normalized spacial score (nSPS) is 23.6. The van der Waals surface area contributed by atoms with E-state index in [4.69, 9.17) is 9.47 Å². The maximum atomic E-state index is 12.6. The van der Waals surface area contributed by atoms with Crippen molar-refractivity contribution in [2.75, 3.05) is 13.2 Å². The van der Waals surface area contributed by atoms with Crippen LogP contribution in [0.1, 0.15) is 39.7 Å². The molecule has 0 fully saturated rings. The van der Waals surface area contributed by atoms with Crippen molar-refractivity contribution in [3.8, 4) is 5.75 Å². The third kappa shape index (κ3) is 2.52. The van der Waals surface area contributed by atoms with E-state index in [9.17, 15) is 4.79 Å². The Balaban J connectivity index is 2.56. The first-order valence-corrected chi connectivity index (χ1v) is 7.16. The smallest absolute Gasteiger partial charge is 0.331 e. The van der Waals surface area contributed by atoms with Gasteiger partial charge in [0.2, 0.25) is 0 Å². The van der Waals surface area contributed by atoms with Crippen LogP contribution in [0.5, 0.6) is 5.75 Å². The summed E-state index contributed by atoms with van der Waals surface area (Å²) in [7, 11) is 0. The molecule has 0 spiro atoms. The molecular weight excluding hydrogens is 254 g/mol. The summed E-state index contributed by atoms with van der Waals surface area (Å²) in [6.45, 7) is 8.86. The number of esters is 1. The summed E-state index contributed by atoms with van der Waals surface area (Å²) in [5, 5.41) is 3.34. The Morgan fingerprint density at radius 1 is 1.35 bits per heavy atom. The highest BCUT2D eigenvalue weighted by Gasteiger charge is 2.50. The van der Waals surface area contributed by atoms with Gasteiger partial charge in [-0.2, -0.15) is 0 Å². The minimum absolute atomic E-state index is 0.231. The highest BCUT2D eigenvalue weighted by molar-refractivity contribution is 5.84. The standard InChI is InChI=1S/C16H23NO3/c1-5-17-16(14(18)19-6-2)11-15(3,4)20-13-10-8-7-9-12(13)16/h7-10,17H,5-6,11H2,1-4H3. The highest BCUT2D eigenvalue weighted by Crippen LogP contribution is 2.44. The van der Waals surface area contributed by atoms with Crippen LogP contribution in [0.3, 0.4) is 0 Å². The number of nitrogens with one attached hydrogen (secondary N) is 1. The predicted octanol–water partition coefficient (Wildman–Crippen LogP) is 2.62. The van der Waals surface area contributed by atoms with E-state index >= 15 is 0 Å². The van der Waals surface area contributed by atoms with Crippen molar-refractivity contribution in [1.82, 2.24) is 5.32 Å². The van der Waals surface area contributed by atoms with Crippen LogP contribution in [-0.4, -0.2) is 24.7 Å². The molecule has 0 aromatic heterocycles. The lowest BCUT2D eigenvalue weighted by Gasteiger charge is -2.44. The summed E-state index contributed by atoms with van der Waals surface area (Å²) in [6.07, 6.45) is 0.545. The molecular formula is C16H23NO3. The van der Waals surface area contributed by atoms with Gasteiger partial charge in [-0.1, -0.05) is 25.1 Å². The summed E-state index contributed by atoms with van der Waals surface area (Å²) >= 11 is 0. The monoisotopic (exact) mass is 277 g/mol. The lowest BCUT2D eigenvalue weighted by Crippen LogP contribution is -2.57. The molecule has 0 aliphatic carbocycles. The van der Waals surface area contributed by atoms with Crippen molar-refractivity contribution >= 4 is 5.97 Å². The summed E-state index contributed by atoms with van der Waals surface area (Å²) in [4.78, 5) is 12.6. The summed E-state index contributed by atoms with van der Waals surface area (Å²) < 4.78 is 11.3. The van der Waals surface area contributed by atoms with Gasteiger partial charge < -0.3 is 9.47 Å². The van der Waals surface area contributed by atoms with Gasteiger partial charge in [0.25, 0.3) is 0 Å². The van der Waals surface area contributed by atoms with E-state index in [1.165, 1.54) is 0 Å². The van der Waals surface area contributed by atoms with Gasteiger partial charge in [0.05, 0.1) is 6.61 Å². The van der Waals surface area contributed by atoms with Crippen molar-refractivity contribution in [1.29, 1.82) is 0 Å². The largest absolute Gasteiger partial charge is 0.487 e. The number of carbonyl (C=O) groups excluding carboxylic acids is 1. The summed E-state index contributed by atoms with van der Waals surface area (Å²) in [5.74, 6) is 0.517. The van der Waals surface area contributed by atoms with E-state index in [0.717, 1.165) is 11.3 Å². The summed E-state index contributed by atoms with van der Waals surface area (Å²) in [5.41, 5.74) is -0.397. The molecule has 2 rings (SSSR count). The molecule has 1 N–H and O–H groups in total. The quantitative estimate of drug-likeness (QED) is 0.859. The molecule has 1 unspecified atom stereocenters. The second-order valence-electron chi connectivity index (χ2n) is 5.69. The number of benzene rings is 1. The van der Waals surface area contributed by atoms with Crippen molar-refractivity contribution in [3.63, 3.8) is 0 Å². The molecule has 1 atom stereocenters. The number of hydrogen-bond acceptors (Lipinski definition) is 4. The minimum atomic E-state index is -0.830. The molecule has 1 aliphatic heterocycles. The van der Waals surface area contributed by atoms with Gasteiger partial charge in [-0.3, -0.25) is 5.32 Å². The fourth-order valence-corrected chi connectivity index (χ4v) is 2.94. The van der Waals surface area contributed by atoms with Gasteiger partial charge >= 0.3 is 5.97 Å². The Kier molecular flexibility index (Phi) is 4.04. The number of carbonyl (C=O) groups is 1. The predicted molar refractivity (Wildman–Crippen MR) is 77.8 cm³/mol. The first kappa shape index (κ1) is 14.9. The zero-order valence-corrected chi connectivity index (χ0v) is 12.7. The van der Waals surface area contributed by atoms with Crippen molar-refractivity contribution in [2.45, 2.75) is 45.3 Å². The van der Waals surface area contributed by atoms with Crippen LogP contribution < -0.4 is 10.1 Å². The lowest BCUT2D eigenvalue weighted by molar-refractivity contribution is -0.155. The van der Waals surface area contributed by atoms with Crippen LogP contribution in [0.4, 0.5) is 0 Å². The molecule has 1 heterocycles. The van der Waals surface area contributed by atoms with E-state index in [1.54, 1.807) is 0 Å². The van der Waals surface area contributed by atoms with Crippen LogP contribution in [-0.2, 0) is 15.1 Å². The van der Waals surface area contributed by atoms with Crippen LogP contribution in [0.15, 0.2) is 24.3 Å². The van der Waals surface area contributed by atoms with Crippen LogP contribution in [0, 0.1) is 0 Å². The Bertz CT molecular complexity index is 498. The zero-order valence-electron chi connectivity index (χ0n) is 12.7. The second kappa shape index (κ2) is 5.44. The number of para-hydroxylation sites is 1. The Morgan fingerprint density at radius 3 is 2.70 bits per heavy atom. The molecule has 4 nitrogen and oxygen atoms in total. The number of fused-ring (bicyclic) bond motifs is 1. The number of ether oxygens (including phenoxy) is 2. The Morgan fingerprint density at radius 2 is 2.05 bits per heavy atom. The topological polar surface area (TPSA) is 47.6 Å². The summed E-state index contributed by atoms with van der Waals surface area (Å²) in [6, 6.07) is 7.68. The third-order valence-corrected chi connectivity index (χ3v) is 3.53. The fraction of sp³-hybridized carbons (Fsp3) is 0.562. The lowest BCUT2D eigenvalue weighted by atomic mass is 9.77. The molecule has 0 amide bonds. The van der Waals surface area contributed by atoms with Crippen molar-refractivity contribution in [3.05, 3.63) is 29.8 Å². The van der Waals surface area contributed by atoms with E-state index in [1.807, 2.05) is 52.0 Å². The number of hydrogen-bond donors (Lipinski definition) is 1.